The Morgan fingerprint density at radius 3 is 2.68 bits per heavy atom. The van der Waals surface area contributed by atoms with Gasteiger partial charge in [-0.05, 0) is 30.3 Å². The van der Waals surface area contributed by atoms with Crippen LogP contribution >= 0.6 is 0 Å². The molecule has 0 bridgehead atoms. The molecule has 0 aliphatic carbocycles. The number of carbonyl (C=O) groups excluding carboxylic acids is 2. The maximum atomic E-state index is 11.9. The first-order chi connectivity index (χ1) is 10.6. The van der Waals surface area contributed by atoms with Gasteiger partial charge in [0.2, 0.25) is 5.91 Å². The number of ether oxygens (including phenoxy) is 1. The molecular weight excluding hydrogens is 282 g/mol. The van der Waals surface area contributed by atoms with Gasteiger partial charge in [-0.1, -0.05) is 19.1 Å². The molecule has 0 spiro atoms. The summed E-state index contributed by atoms with van der Waals surface area (Å²) in [6.45, 7) is 1.99. The smallest absolute Gasteiger partial charge is 0.339 e. The predicted octanol–water partition coefficient (Wildman–Crippen LogP) is 3.28. The topological polar surface area (TPSA) is 68.5 Å². The van der Waals surface area contributed by atoms with E-state index in [-0.39, 0.29) is 5.91 Å². The Morgan fingerprint density at radius 2 is 2.00 bits per heavy atom. The van der Waals surface area contributed by atoms with Gasteiger partial charge in [0.15, 0.2) is 0 Å². The number of carbonyl (C=O) groups is 2. The van der Waals surface area contributed by atoms with Crippen molar-refractivity contribution in [1.82, 2.24) is 0 Å². The van der Waals surface area contributed by atoms with Crippen molar-refractivity contribution in [3.63, 3.8) is 0 Å². The highest BCUT2D eigenvalue weighted by Gasteiger charge is 2.12. The van der Waals surface area contributed by atoms with Crippen molar-refractivity contribution < 1.29 is 18.7 Å². The Balaban J connectivity index is 2.07. The van der Waals surface area contributed by atoms with E-state index in [9.17, 15) is 9.59 Å². The summed E-state index contributed by atoms with van der Waals surface area (Å²) < 4.78 is 10.2. The van der Waals surface area contributed by atoms with Gasteiger partial charge in [-0.3, -0.25) is 4.79 Å². The van der Waals surface area contributed by atoms with Crippen LogP contribution < -0.4 is 5.32 Å². The van der Waals surface area contributed by atoms with Gasteiger partial charge in [0.1, 0.15) is 11.5 Å². The SMILES string of the molecule is CCc1ccc(/C=C/C(=O)Nc2ccccc2C(=O)OC)o1. The summed E-state index contributed by atoms with van der Waals surface area (Å²) in [5.41, 5.74) is 0.704. The van der Waals surface area contributed by atoms with Gasteiger partial charge < -0.3 is 14.5 Å². The second kappa shape index (κ2) is 7.26. The molecule has 0 fully saturated rings. The number of esters is 1. The van der Waals surface area contributed by atoms with Crippen LogP contribution in [0.5, 0.6) is 0 Å². The lowest BCUT2D eigenvalue weighted by molar-refractivity contribution is -0.111. The summed E-state index contributed by atoms with van der Waals surface area (Å²) in [5.74, 6) is 0.605. The van der Waals surface area contributed by atoms with Crippen LogP contribution in [0.4, 0.5) is 5.69 Å². The third-order valence-electron chi connectivity index (χ3n) is 3.02. The normalized spacial score (nSPS) is 10.6. The Morgan fingerprint density at radius 1 is 1.23 bits per heavy atom. The fourth-order valence-electron chi connectivity index (χ4n) is 1.89. The summed E-state index contributed by atoms with van der Waals surface area (Å²) in [6.07, 6.45) is 3.73. The van der Waals surface area contributed by atoms with Crippen molar-refractivity contribution in [2.75, 3.05) is 12.4 Å². The number of furan rings is 1. The molecule has 0 aliphatic rings. The molecule has 1 N–H and O–H groups in total. The molecular formula is C17H17NO4. The summed E-state index contributed by atoms with van der Waals surface area (Å²) in [6, 6.07) is 10.3. The van der Waals surface area contributed by atoms with Gasteiger partial charge >= 0.3 is 5.97 Å². The van der Waals surface area contributed by atoms with Gasteiger partial charge in [0, 0.05) is 12.5 Å². The fourth-order valence-corrected chi connectivity index (χ4v) is 1.89. The molecule has 0 radical (unpaired) electrons. The van der Waals surface area contributed by atoms with Gasteiger partial charge in [-0.15, -0.1) is 0 Å². The Bertz CT molecular complexity index is 700. The molecule has 1 aromatic carbocycles. The minimum absolute atomic E-state index is 0.304. The summed E-state index contributed by atoms with van der Waals surface area (Å²) in [7, 11) is 1.29. The number of methoxy groups -OCH3 is 1. The first kappa shape index (κ1) is 15.6. The average molecular weight is 299 g/mol. The van der Waals surface area contributed by atoms with Gasteiger partial charge in [-0.25, -0.2) is 4.79 Å². The van der Waals surface area contributed by atoms with E-state index in [4.69, 9.17) is 4.42 Å². The Hall–Kier alpha value is -2.82. The molecule has 0 aliphatic heterocycles. The van der Waals surface area contributed by atoms with E-state index in [1.807, 2.05) is 13.0 Å². The highest BCUT2D eigenvalue weighted by Crippen LogP contribution is 2.16. The zero-order valence-corrected chi connectivity index (χ0v) is 12.5. The van der Waals surface area contributed by atoms with Crippen LogP contribution in [-0.4, -0.2) is 19.0 Å². The van der Waals surface area contributed by atoms with Crippen LogP contribution in [-0.2, 0) is 16.0 Å². The van der Waals surface area contributed by atoms with Crippen molar-refractivity contribution >= 4 is 23.6 Å². The molecule has 2 aromatic rings. The zero-order chi connectivity index (χ0) is 15.9. The molecule has 5 nitrogen and oxygen atoms in total. The lowest BCUT2D eigenvalue weighted by atomic mass is 10.2. The van der Waals surface area contributed by atoms with Crippen LogP contribution in [0, 0.1) is 0 Å². The lowest BCUT2D eigenvalue weighted by Gasteiger charge is -2.07. The molecule has 114 valence electrons. The molecule has 1 aromatic heterocycles. The van der Waals surface area contributed by atoms with E-state index in [1.54, 1.807) is 36.4 Å². The summed E-state index contributed by atoms with van der Waals surface area (Å²) in [5, 5.41) is 2.65. The Labute approximate surface area is 128 Å². The highest BCUT2D eigenvalue weighted by atomic mass is 16.5. The lowest BCUT2D eigenvalue weighted by Crippen LogP contribution is -2.12. The third kappa shape index (κ3) is 3.85. The number of rotatable bonds is 5. The summed E-state index contributed by atoms with van der Waals surface area (Å²) >= 11 is 0. The maximum Gasteiger partial charge on any atom is 0.339 e. The second-order valence-electron chi connectivity index (χ2n) is 4.52. The number of aryl methyl sites for hydroxylation is 1. The zero-order valence-electron chi connectivity index (χ0n) is 12.5. The largest absolute Gasteiger partial charge is 0.465 e. The molecule has 0 saturated carbocycles. The number of amides is 1. The summed E-state index contributed by atoms with van der Waals surface area (Å²) in [4.78, 5) is 23.6. The number of hydrogen-bond donors (Lipinski definition) is 1. The number of anilines is 1. The van der Waals surface area contributed by atoms with Crippen LogP contribution in [0.1, 0.15) is 28.8 Å². The molecule has 5 heteroatoms. The van der Waals surface area contributed by atoms with Gasteiger partial charge in [0.05, 0.1) is 18.4 Å². The number of nitrogens with one attached hydrogen (secondary N) is 1. The second-order valence-corrected chi connectivity index (χ2v) is 4.52. The fraction of sp³-hybridized carbons (Fsp3) is 0.176. The van der Waals surface area contributed by atoms with E-state index in [0.29, 0.717) is 17.0 Å². The minimum Gasteiger partial charge on any atom is -0.465 e. The van der Waals surface area contributed by atoms with E-state index in [0.717, 1.165) is 12.2 Å². The van der Waals surface area contributed by atoms with Gasteiger partial charge in [-0.2, -0.15) is 0 Å². The molecule has 1 amide bonds. The molecule has 0 unspecified atom stereocenters. The van der Waals surface area contributed by atoms with Crippen molar-refractivity contribution in [3.05, 3.63) is 59.6 Å². The van der Waals surface area contributed by atoms with E-state index in [2.05, 4.69) is 10.1 Å². The van der Waals surface area contributed by atoms with Crippen LogP contribution in [0.2, 0.25) is 0 Å². The van der Waals surface area contributed by atoms with E-state index >= 15 is 0 Å². The standard InChI is InChI=1S/C17H17NO4/c1-3-12-8-9-13(22-12)10-11-16(19)18-15-7-5-4-6-14(15)17(20)21-2/h4-11H,3H2,1-2H3,(H,18,19)/b11-10+. The number of hydrogen-bond acceptors (Lipinski definition) is 4. The van der Waals surface area contributed by atoms with Crippen LogP contribution in [0.25, 0.3) is 6.08 Å². The third-order valence-corrected chi connectivity index (χ3v) is 3.02. The van der Waals surface area contributed by atoms with Crippen molar-refractivity contribution in [2.45, 2.75) is 13.3 Å². The van der Waals surface area contributed by atoms with Crippen molar-refractivity contribution in [2.24, 2.45) is 0 Å². The average Bonchev–Trinajstić information content (AvgIpc) is 3.01. The maximum absolute atomic E-state index is 11.9. The molecule has 22 heavy (non-hydrogen) atoms. The first-order valence-corrected chi connectivity index (χ1v) is 6.89. The quantitative estimate of drug-likeness (QED) is 0.679. The molecule has 2 rings (SSSR count). The first-order valence-electron chi connectivity index (χ1n) is 6.89. The number of benzene rings is 1. The van der Waals surface area contributed by atoms with E-state index in [1.165, 1.54) is 13.2 Å². The highest BCUT2D eigenvalue weighted by molar-refractivity contribution is 6.06. The monoisotopic (exact) mass is 299 g/mol. The van der Waals surface area contributed by atoms with Crippen LogP contribution in [0.15, 0.2) is 46.9 Å². The van der Waals surface area contributed by atoms with Crippen molar-refractivity contribution in [1.29, 1.82) is 0 Å². The molecule has 0 saturated heterocycles. The van der Waals surface area contributed by atoms with E-state index < -0.39 is 5.97 Å². The molecule has 1 heterocycles. The van der Waals surface area contributed by atoms with Crippen molar-refractivity contribution in [3.8, 4) is 0 Å². The van der Waals surface area contributed by atoms with Crippen LogP contribution in [0.3, 0.4) is 0 Å². The predicted molar refractivity (Wildman–Crippen MR) is 83.5 cm³/mol. The Kier molecular flexibility index (Phi) is 5.14. The number of para-hydroxylation sites is 1. The molecule has 0 atom stereocenters. The minimum atomic E-state index is -0.501. The van der Waals surface area contributed by atoms with Gasteiger partial charge in [0.25, 0.3) is 0 Å².